The lowest BCUT2D eigenvalue weighted by Gasteiger charge is -2.30. The summed E-state index contributed by atoms with van der Waals surface area (Å²) < 4.78 is 0. The average molecular weight is 1270 g/mol. The maximum atomic E-state index is 2.51. The first-order valence-electron chi connectivity index (χ1n) is 34.9. The fourth-order valence-corrected chi connectivity index (χ4v) is 17.4. The van der Waals surface area contributed by atoms with Crippen LogP contribution in [0.5, 0.6) is 0 Å². The normalized spacial score (nSPS) is 14.3. The Hall–Kier alpha value is -11.8. The molecule has 16 aromatic rings. The Balaban J connectivity index is 0.593. The van der Waals surface area contributed by atoms with Gasteiger partial charge in [0, 0.05) is 49.2 Å². The van der Waals surface area contributed by atoms with Crippen LogP contribution in [-0.4, -0.2) is 0 Å². The summed E-state index contributed by atoms with van der Waals surface area (Å²) in [4.78, 5) is 5.02. The molecule has 0 N–H and O–H groups in total. The van der Waals surface area contributed by atoms with Gasteiger partial charge in [0.05, 0.1) is 22.7 Å². The molecule has 0 saturated heterocycles. The molecular formula is C97H72N2. The number of anilines is 6. The average Bonchev–Trinajstić information content (AvgIpc) is 1.70. The molecule has 0 aliphatic heterocycles. The molecule has 0 amide bonds. The monoisotopic (exact) mass is 1260 g/mol. The highest BCUT2D eigenvalue weighted by atomic mass is 15.2. The van der Waals surface area contributed by atoms with Gasteiger partial charge in [-0.15, -0.1) is 0 Å². The third kappa shape index (κ3) is 9.16. The van der Waals surface area contributed by atoms with Crippen LogP contribution in [0.4, 0.5) is 34.1 Å². The minimum absolute atomic E-state index is 0.183. The Bertz CT molecular complexity index is 5780. The second-order valence-electron chi connectivity index (χ2n) is 29.2. The van der Waals surface area contributed by atoms with Crippen LogP contribution in [0.1, 0.15) is 97.2 Å². The number of fused-ring (bicyclic) bond motifs is 17. The molecule has 3 aliphatic carbocycles. The molecule has 0 bridgehead atoms. The lowest BCUT2D eigenvalue weighted by Crippen LogP contribution is -2.17. The Kier molecular flexibility index (Phi) is 13.1. The SMILES string of the molecule is CC1(C)c2cc(/C=C/c3ccc4c(c3)C(C)(C)c3cc(N(c5cccc6ccccc56)c5cc6ccccc6c6ccccc56)ccc3-4)ccc2-c2ccc(/C=C/c3ccc4c(c3)C(C)(C)c3cc(N(c5cccc6ccccc56)c5cc6ccccc6c6ccccc56)ccc3-4)cc21. The highest BCUT2D eigenvalue weighted by Gasteiger charge is 2.39. The molecule has 0 fully saturated rings. The van der Waals surface area contributed by atoms with Gasteiger partial charge in [0.2, 0.25) is 0 Å². The van der Waals surface area contributed by atoms with Crippen LogP contribution >= 0.6 is 0 Å². The molecule has 3 aliphatic rings. The summed E-state index contributed by atoms with van der Waals surface area (Å²) in [5.41, 5.74) is 27.1. The van der Waals surface area contributed by atoms with Gasteiger partial charge in [0.1, 0.15) is 0 Å². The van der Waals surface area contributed by atoms with Crippen LogP contribution in [0.25, 0.3) is 122 Å². The van der Waals surface area contributed by atoms with Crippen LogP contribution in [-0.2, 0) is 16.2 Å². The molecule has 2 nitrogen and oxygen atoms in total. The quantitative estimate of drug-likeness (QED) is 0.0995. The van der Waals surface area contributed by atoms with E-state index in [2.05, 4.69) is 379 Å². The van der Waals surface area contributed by atoms with Gasteiger partial charge in [-0.2, -0.15) is 0 Å². The second-order valence-corrected chi connectivity index (χ2v) is 29.2. The maximum absolute atomic E-state index is 2.51. The van der Waals surface area contributed by atoms with Crippen molar-refractivity contribution in [2.24, 2.45) is 0 Å². The smallest absolute Gasteiger partial charge is 0.0546 e. The molecular weight excluding hydrogens is 1190 g/mol. The Morgan fingerprint density at radius 3 is 0.808 bits per heavy atom. The van der Waals surface area contributed by atoms with E-state index in [-0.39, 0.29) is 16.2 Å². The highest BCUT2D eigenvalue weighted by Crippen LogP contribution is 2.56. The molecule has 99 heavy (non-hydrogen) atoms. The molecule has 0 aromatic heterocycles. The van der Waals surface area contributed by atoms with Crippen molar-refractivity contribution < 1.29 is 0 Å². The van der Waals surface area contributed by atoms with Gasteiger partial charge in [-0.1, -0.05) is 321 Å². The van der Waals surface area contributed by atoms with Gasteiger partial charge in [-0.25, -0.2) is 0 Å². The molecule has 0 unspecified atom stereocenters. The highest BCUT2D eigenvalue weighted by molar-refractivity contribution is 6.17. The van der Waals surface area contributed by atoms with E-state index < -0.39 is 0 Å². The van der Waals surface area contributed by atoms with E-state index in [1.54, 1.807) is 0 Å². The van der Waals surface area contributed by atoms with Crippen molar-refractivity contribution in [2.45, 2.75) is 57.8 Å². The van der Waals surface area contributed by atoms with Crippen molar-refractivity contribution in [3.8, 4) is 33.4 Å². The zero-order valence-electron chi connectivity index (χ0n) is 56.6. The lowest BCUT2D eigenvalue weighted by molar-refractivity contribution is 0.660. The number of hydrogen-bond donors (Lipinski definition) is 0. The molecule has 0 spiro atoms. The van der Waals surface area contributed by atoms with Gasteiger partial charge in [-0.05, 0) is 181 Å². The van der Waals surface area contributed by atoms with E-state index in [0.717, 1.165) is 22.7 Å². The first-order chi connectivity index (χ1) is 48.3. The number of rotatable bonds is 10. The molecule has 0 atom stereocenters. The topological polar surface area (TPSA) is 6.48 Å². The standard InChI is InChI=1S/C97H72N2/c1-95(2)85-53-61(37-39-63-43-49-79-81-51-45-69(59-89(81)96(3,4)87(79)55-63)98(91-35-19-25-65-21-7-13-29-73(65)91)93-57-67-23-9-11-27-71(67)75-31-15-17-33-83(75)93)41-47-77(85)78-48-42-62(54-86(78)95)38-40-64-44-50-80-82-52-46-70(60-90(82)97(5,6)88(80)56-64)99(92-36-20-26-66-22-8-14-30-74(66)92)94-58-68-24-10-12-28-72(68)76-32-16-18-34-84(76)94/h7-60H,1-6H3/b39-37+,40-38+. The zero-order valence-corrected chi connectivity index (χ0v) is 56.6. The predicted octanol–water partition coefficient (Wildman–Crippen LogP) is 26.8. The lowest BCUT2D eigenvalue weighted by atomic mass is 9.81. The molecule has 0 heterocycles. The first-order valence-corrected chi connectivity index (χ1v) is 34.9. The molecule has 470 valence electrons. The van der Waals surface area contributed by atoms with E-state index in [1.807, 2.05) is 0 Å². The van der Waals surface area contributed by atoms with E-state index in [9.17, 15) is 0 Å². The Morgan fingerprint density at radius 2 is 0.465 bits per heavy atom. The summed E-state index contributed by atoms with van der Waals surface area (Å²) in [5, 5.41) is 14.8. The predicted molar refractivity (Wildman–Crippen MR) is 424 cm³/mol. The number of benzene rings is 16. The summed E-state index contributed by atoms with van der Waals surface area (Å²) in [6.45, 7) is 14.4. The fourth-order valence-electron chi connectivity index (χ4n) is 17.4. The van der Waals surface area contributed by atoms with Gasteiger partial charge >= 0.3 is 0 Å². The van der Waals surface area contributed by atoms with Crippen molar-refractivity contribution in [3.05, 3.63) is 359 Å². The van der Waals surface area contributed by atoms with Gasteiger partial charge in [-0.3, -0.25) is 0 Å². The summed E-state index contributed by atoms with van der Waals surface area (Å²) in [6, 6.07) is 114. The fraction of sp³-hybridized carbons (Fsp3) is 0.0928. The van der Waals surface area contributed by atoms with Crippen molar-refractivity contribution >= 4 is 123 Å². The van der Waals surface area contributed by atoms with Crippen LogP contribution in [0.2, 0.25) is 0 Å². The molecule has 0 saturated carbocycles. The van der Waals surface area contributed by atoms with E-state index in [4.69, 9.17) is 0 Å². The number of hydrogen-bond acceptors (Lipinski definition) is 2. The molecule has 19 rings (SSSR count). The minimum atomic E-state index is -0.242. The summed E-state index contributed by atoms with van der Waals surface area (Å²) in [5.74, 6) is 0. The molecule has 2 heteroatoms. The summed E-state index contributed by atoms with van der Waals surface area (Å²) >= 11 is 0. The van der Waals surface area contributed by atoms with E-state index >= 15 is 0 Å². The van der Waals surface area contributed by atoms with Crippen molar-refractivity contribution in [3.63, 3.8) is 0 Å². The van der Waals surface area contributed by atoms with Crippen molar-refractivity contribution in [1.82, 2.24) is 0 Å². The molecule has 16 aromatic carbocycles. The summed E-state index contributed by atoms with van der Waals surface area (Å²) in [7, 11) is 0. The van der Waals surface area contributed by atoms with Gasteiger partial charge in [0.25, 0.3) is 0 Å². The van der Waals surface area contributed by atoms with E-state index in [0.29, 0.717) is 0 Å². The number of nitrogens with zero attached hydrogens (tertiary/aromatic N) is 2. The molecule has 0 radical (unpaired) electrons. The third-order valence-corrected chi connectivity index (χ3v) is 22.5. The van der Waals surface area contributed by atoms with Crippen molar-refractivity contribution in [2.75, 3.05) is 9.80 Å². The zero-order chi connectivity index (χ0) is 66.5. The second kappa shape index (κ2) is 22.1. The first kappa shape index (κ1) is 58.5. The van der Waals surface area contributed by atoms with Crippen LogP contribution in [0.15, 0.2) is 303 Å². The van der Waals surface area contributed by atoms with Crippen LogP contribution in [0.3, 0.4) is 0 Å². The Morgan fingerprint density at radius 1 is 0.202 bits per heavy atom. The third-order valence-electron chi connectivity index (χ3n) is 22.5. The van der Waals surface area contributed by atoms with Crippen molar-refractivity contribution in [1.29, 1.82) is 0 Å². The largest absolute Gasteiger partial charge is 0.309 e. The summed E-state index contributed by atoms with van der Waals surface area (Å²) in [6.07, 6.45) is 9.23. The Labute approximate surface area is 579 Å². The van der Waals surface area contributed by atoms with E-state index in [1.165, 1.54) is 165 Å². The van der Waals surface area contributed by atoms with Crippen LogP contribution in [0, 0.1) is 0 Å². The minimum Gasteiger partial charge on any atom is -0.309 e. The maximum Gasteiger partial charge on any atom is 0.0546 e. The van der Waals surface area contributed by atoms with Gasteiger partial charge < -0.3 is 9.80 Å². The van der Waals surface area contributed by atoms with Gasteiger partial charge in [0.15, 0.2) is 0 Å². The van der Waals surface area contributed by atoms with Crippen LogP contribution < -0.4 is 9.80 Å².